The predicted molar refractivity (Wildman–Crippen MR) is 70.6 cm³/mol. The number of nitrogens with zero attached hydrogens (tertiary/aromatic N) is 1. The summed E-state index contributed by atoms with van der Waals surface area (Å²) in [6, 6.07) is 0.449. The first-order valence-electron chi connectivity index (χ1n) is 7.02. The molecule has 5 heteroatoms. The van der Waals surface area contributed by atoms with Gasteiger partial charge in [0, 0.05) is 31.7 Å². The van der Waals surface area contributed by atoms with E-state index in [1.54, 1.807) is 0 Å². The molecule has 2 aliphatic rings. The third-order valence-electron chi connectivity index (χ3n) is 3.70. The number of nitrogens with one attached hydrogen (secondary N) is 2. The topological polar surface area (TPSA) is 53.6 Å². The molecule has 0 aromatic carbocycles. The average Bonchev–Trinajstić information content (AvgIpc) is 3.13. The third-order valence-corrected chi connectivity index (χ3v) is 3.70. The molecule has 2 N–H and O–H groups in total. The number of rotatable bonds is 5. The van der Waals surface area contributed by atoms with E-state index in [9.17, 15) is 4.79 Å². The van der Waals surface area contributed by atoms with Gasteiger partial charge in [-0.1, -0.05) is 0 Å². The third kappa shape index (κ3) is 4.46. The molecule has 2 unspecified atom stereocenters. The Bertz CT molecular complexity index is 275. The lowest BCUT2D eigenvalue weighted by Crippen LogP contribution is -2.50. The van der Waals surface area contributed by atoms with Crippen molar-refractivity contribution in [2.24, 2.45) is 5.92 Å². The Balaban J connectivity index is 1.62. The van der Waals surface area contributed by atoms with Crippen molar-refractivity contribution in [1.29, 1.82) is 0 Å². The van der Waals surface area contributed by atoms with Gasteiger partial charge >= 0.3 is 6.03 Å². The first kappa shape index (κ1) is 13.6. The molecule has 0 aromatic rings. The minimum atomic E-state index is -0.0323. The molecule has 18 heavy (non-hydrogen) atoms. The SMILES string of the molecule is CC(CN1CCOCC1)NC(=O)NC(C)C1CC1. The number of carbonyl (C=O) groups excluding carboxylic acids is 1. The van der Waals surface area contributed by atoms with Crippen LogP contribution in [-0.4, -0.2) is 55.9 Å². The molecular formula is C13H25N3O2. The van der Waals surface area contributed by atoms with E-state index in [4.69, 9.17) is 4.74 Å². The van der Waals surface area contributed by atoms with Gasteiger partial charge in [0.1, 0.15) is 0 Å². The number of carbonyl (C=O) groups is 1. The Hall–Kier alpha value is -0.810. The van der Waals surface area contributed by atoms with Gasteiger partial charge in [-0.2, -0.15) is 0 Å². The van der Waals surface area contributed by atoms with E-state index >= 15 is 0 Å². The molecule has 5 nitrogen and oxygen atoms in total. The summed E-state index contributed by atoms with van der Waals surface area (Å²) in [7, 11) is 0. The van der Waals surface area contributed by atoms with E-state index in [1.807, 2.05) is 0 Å². The second kappa shape index (κ2) is 6.38. The number of hydrogen-bond acceptors (Lipinski definition) is 3. The van der Waals surface area contributed by atoms with Crippen molar-refractivity contribution in [3.63, 3.8) is 0 Å². The number of amides is 2. The number of hydrogen-bond donors (Lipinski definition) is 2. The van der Waals surface area contributed by atoms with E-state index in [0.717, 1.165) is 32.8 Å². The van der Waals surface area contributed by atoms with Crippen molar-refractivity contribution < 1.29 is 9.53 Å². The quantitative estimate of drug-likeness (QED) is 0.764. The lowest BCUT2D eigenvalue weighted by Gasteiger charge is -2.29. The van der Waals surface area contributed by atoms with Crippen LogP contribution >= 0.6 is 0 Å². The van der Waals surface area contributed by atoms with E-state index in [0.29, 0.717) is 12.0 Å². The van der Waals surface area contributed by atoms with Crippen LogP contribution in [0.3, 0.4) is 0 Å². The van der Waals surface area contributed by atoms with Crippen LogP contribution in [-0.2, 0) is 4.74 Å². The van der Waals surface area contributed by atoms with Gasteiger partial charge in [-0.3, -0.25) is 4.90 Å². The zero-order valence-corrected chi connectivity index (χ0v) is 11.4. The molecule has 1 aliphatic heterocycles. The van der Waals surface area contributed by atoms with Crippen molar-refractivity contribution in [3.8, 4) is 0 Å². The zero-order chi connectivity index (χ0) is 13.0. The number of morpholine rings is 1. The van der Waals surface area contributed by atoms with Gasteiger partial charge in [-0.15, -0.1) is 0 Å². The van der Waals surface area contributed by atoms with Gasteiger partial charge in [0.25, 0.3) is 0 Å². The molecule has 1 aliphatic carbocycles. The first-order valence-corrected chi connectivity index (χ1v) is 7.02. The van der Waals surface area contributed by atoms with Crippen molar-refractivity contribution in [3.05, 3.63) is 0 Å². The highest BCUT2D eigenvalue weighted by Gasteiger charge is 2.29. The van der Waals surface area contributed by atoms with Crippen molar-refractivity contribution >= 4 is 6.03 Å². The van der Waals surface area contributed by atoms with Crippen molar-refractivity contribution in [2.45, 2.75) is 38.8 Å². The molecule has 0 aromatic heterocycles. The second-order valence-electron chi connectivity index (χ2n) is 5.56. The Labute approximate surface area is 109 Å². The molecule has 2 amide bonds. The minimum absolute atomic E-state index is 0.0323. The molecule has 0 bridgehead atoms. The summed E-state index contributed by atoms with van der Waals surface area (Å²) in [6.07, 6.45) is 2.51. The molecule has 0 radical (unpaired) electrons. The van der Waals surface area contributed by atoms with Crippen LogP contribution in [0.2, 0.25) is 0 Å². The summed E-state index contributed by atoms with van der Waals surface area (Å²) in [6.45, 7) is 8.57. The van der Waals surface area contributed by atoms with Crippen LogP contribution in [0.15, 0.2) is 0 Å². The summed E-state index contributed by atoms with van der Waals surface area (Å²) in [4.78, 5) is 14.1. The average molecular weight is 255 g/mol. The Morgan fingerprint density at radius 2 is 1.94 bits per heavy atom. The summed E-state index contributed by atoms with van der Waals surface area (Å²) in [5.74, 6) is 0.699. The van der Waals surface area contributed by atoms with Crippen LogP contribution in [0, 0.1) is 5.92 Å². The molecule has 104 valence electrons. The maximum absolute atomic E-state index is 11.8. The molecule has 2 atom stereocenters. The highest BCUT2D eigenvalue weighted by Crippen LogP contribution is 2.32. The molecular weight excluding hydrogens is 230 g/mol. The first-order chi connectivity index (χ1) is 8.65. The van der Waals surface area contributed by atoms with Crippen molar-refractivity contribution in [1.82, 2.24) is 15.5 Å². The molecule has 2 rings (SSSR count). The lowest BCUT2D eigenvalue weighted by molar-refractivity contribution is 0.0349. The normalized spacial score (nSPS) is 24.3. The van der Waals surface area contributed by atoms with Gasteiger partial charge in [0.15, 0.2) is 0 Å². The maximum atomic E-state index is 11.8. The fourth-order valence-electron chi connectivity index (χ4n) is 2.40. The van der Waals surface area contributed by atoms with Gasteiger partial charge in [0.2, 0.25) is 0 Å². The predicted octanol–water partition coefficient (Wildman–Crippen LogP) is 0.805. The van der Waals surface area contributed by atoms with Crippen LogP contribution in [0.5, 0.6) is 0 Å². The largest absolute Gasteiger partial charge is 0.379 e. The summed E-state index contributed by atoms with van der Waals surface area (Å²) in [5, 5.41) is 6.02. The lowest BCUT2D eigenvalue weighted by atomic mass is 10.2. The fraction of sp³-hybridized carbons (Fsp3) is 0.923. The van der Waals surface area contributed by atoms with Gasteiger partial charge in [-0.05, 0) is 32.6 Å². The van der Waals surface area contributed by atoms with E-state index in [1.165, 1.54) is 12.8 Å². The molecule has 1 saturated carbocycles. The maximum Gasteiger partial charge on any atom is 0.315 e. The van der Waals surface area contributed by atoms with Crippen molar-refractivity contribution in [2.75, 3.05) is 32.8 Å². The highest BCUT2D eigenvalue weighted by molar-refractivity contribution is 5.74. The number of ether oxygens (including phenoxy) is 1. The van der Waals surface area contributed by atoms with Gasteiger partial charge < -0.3 is 15.4 Å². The van der Waals surface area contributed by atoms with Crippen LogP contribution < -0.4 is 10.6 Å². The van der Waals surface area contributed by atoms with E-state index < -0.39 is 0 Å². The number of urea groups is 1. The van der Waals surface area contributed by atoms with Crippen LogP contribution in [0.1, 0.15) is 26.7 Å². The Kier molecular flexibility index (Phi) is 4.83. The van der Waals surface area contributed by atoms with Gasteiger partial charge in [-0.25, -0.2) is 4.79 Å². The minimum Gasteiger partial charge on any atom is -0.379 e. The molecule has 0 spiro atoms. The summed E-state index contributed by atoms with van der Waals surface area (Å²) >= 11 is 0. The fourth-order valence-corrected chi connectivity index (χ4v) is 2.40. The zero-order valence-electron chi connectivity index (χ0n) is 11.4. The van der Waals surface area contributed by atoms with E-state index in [2.05, 4.69) is 29.4 Å². The van der Waals surface area contributed by atoms with Crippen LogP contribution in [0.4, 0.5) is 4.79 Å². The van der Waals surface area contributed by atoms with Crippen LogP contribution in [0.25, 0.3) is 0 Å². The summed E-state index contributed by atoms with van der Waals surface area (Å²) in [5.41, 5.74) is 0. The standard InChI is InChI=1S/C13H25N3O2/c1-10(9-16-5-7-18-8-6-16)14-13(17)15-11(2)12-3-4-12/h10-12H,3-9H2,1-2H3,(H2,14,15,17). The summed E-state index contributed by atoms with van der Waals surface area (Å²) < 4.78 is 5.31. The van der Waals surface area contributed by atoms with E-state index in [-0.39, 0.29) is 12.1 Å². The Morgan fingerprint density at radius 3 is 2.56 bits per heavy atom. The molecule has 1 saturated heterocycles. The monoisotopic (exact) mass is 255 g/mol. The highest BCUT2D eigenvalue weighted by atomic mass is 16.5. The van der Waals surface area contributed by atoms with Gasteiger partial charge in [0.05, 0.1) is 13.2 Å². The Morgan fingerprint density at radius 1 is 1.28 bits per heavy atom. The molecule has 2 fully saturated rings. The molecule has 1 heterocycles. The smallest absolute Gasteiger partial charge is 0.315 e. The second-order valence-corrected chi connectivity index (χ2v) is 5.56.